The van der Waals surface area contributed by atoms with Gasteiger partial charge >= 0.3 is 0 Å². The lowest BCUT2D eigenvalue weighted by Crippen LogP contribution is -2.32. The number of hydrogen-bond donors (Lipinski definition) is 0. The first kappa shape index (κ1) is 42.8. The highest BCUT2D eigenvalue weighted by atomic mass is 32.2. The summed E-state index contributed by atoms with van der Waals surface area (Å²) in [6.07, 6.45) is 0. The Morgan fingerprint density at radius 3 is 1.06 bits per heavy atom. The smallest absolute Gasteiger partial charge is 0.132 e. The van der Waals surface area contributed by atoms with E-state index in [1.807, 2.05) is 11.8 Å². The number of hydrogen-bond acceptors (Lipinski definition) is 3. The summed E-state index contributed by atoms with van der Waals surface area (Å²) < 4.78 is 6.85. The van der Waals surface area contributed by atoms with Crippen LogP contribution in [0.5, 0.6) is 11.5 Å². The number of fused-ring (bicyclic) bond motifs is 28. The lowest BCUT2D eigenvalue weighted by atomic mass is 9.66. The Labute approximate surface area is 457 Å². The predicted octanol–water partition coefficient (Wildman–Crippen LogP) is 18.8. The Balaban J connectivity index is 0.962. The van der Waals surface area contributed by atoms with E-state index >= 15 is 0 Å². The van der Waals surface area contributed by atoms with Gasteiger partial charge in [0.15, 0.2) is 0 Å². The van der Waals surface area contributed by atoms with E-state index in [1.165, 1.54) is 110 Å². The zero-order valence-corrected chi connectivity index (χ0v) is 43.1. The molecule has 0 N–H and O–H groups in total. The molecule has 4 aliphatic carbocycles. The van der Waals surface area contributed by atoms with Gasteiger partial charge in [0.1, 0.15) is 11.5 Å². The quantitative estimate of drug-likeness (QED) is 0.175. The van der Waals surface area contributed by atoms with E-state index in [9.17, 15) is 0 Å². The molecule has 2 nitrogen and oxygen atoms in total. The van der Waals surface area contributed by atoms with E-state index in [-0.39, 0.29) is 0 Å². The molecule has 0 saturated heterocycles. The molecule has 12 aromatic carbocycles. The average molecular weight is 1010 g/mol. The molecule has 3 heteroatoms. The predicted molar refractivity (Wildman–Crippen MR) is 316 cm³/mol. The third-order valence-electron chi connectivity index (χ3n) is 18.4. The lowest BCUT2D eigenvalue weighted by molar-refractivity contribution is 0.436. The molecule has 2 aliphatic heterocycles. The van der Waals surface area contributed by atoms with Gasteiger partial charge in [0, 0.05) is 37.9 Å². The zero-order valence-electron chi connectivity index (χ0n) is 42.2. The molecule has 18 rings (SSSR count). The van der Waals surface area contributed by atoms with Gasteiger partial charge in [-0.2, -0.15) is 0 Å². The summed E-state index contributed by atoms with van der Waals surface area (Å²) in [6, 6.07) is 103. The standard InChI is InChI=1S/C75H45NOS/c1-6-25-55-48(20-1)49-21-2-7-26-56(49)73(55)57-27-8-3-22-50(57)52-42-40-46(44-65(52)73)76(47-41-43-53-51-23-4-9-28-58(51)74(66(53)45-47)60-30-11-15-36-68(60)77-69-37-16-12-31-61(69)74)67-35-19-34-64-72(67)54-24-5-10-29-59(54)75(64)62-32-13-17-38-70(62)78-71-39-18-14-33-63(71)75/h1-45H. The topological polar surface area (TPSA) is 12.5 Å². The van der Waals surface area contributed by atoms with Crippen LogP contribution in [0, 0.1) is 0 Å². The molecule has 0 saturated carbocycles. The molecular weight excluding hydrogens is 963 g/mol. The number of benzene rings is 12. The SMILES string of the molecule is c1ccc2c(c1)Oc1ccccc1C21c2ccccc2-c2ccc(N(c3ccc4c(c3)C3(c5ccccc5-c5ccccc53)c3ccccc3-4)c3cccc4c3-c3ccccc3C43c4ccccc4Sc4ccccc43)cc21. The molecule has 0 amide bonds. The van der Waals surface area contributed by atoms with Crippen molar-refractivity contribution in [2.45, 2.75) is 26.0 Å². The van der Waals surface area contributed by atoms with E-state index < -0.39 is 16.2 Å². The third kappa shape index (κ3) is 5.07. The van der Waals surface area contributed by atoms with Crippen LogP contribution in [0.15, 0.2) is 283 Å². The summed E-state index contributed by atoms with van der Waals surface area (Å²) in [5.74, 6) is 1.77. The summed E-state index contributed by atoms with van der Waals surface area (Å²) in [6.45, 7) is 0. The lowest BCUT2D eigenvalue weighted by Gasteiger charge is -2.40. The van der Waals surface area contributed by atoms with E-state index in [4.69, 9.17) is 4.74 Å². The van der Waals surface area contributed by atoms with Crippen molar-refractivity contribution in [1.82, 2.24) is 0 Å². The molecule has 6 aliphatic rings. The van der Waals surface area contributed by atoms with Gasteiger partial charge in [0.2, 0.25) is 0 Å². The molecule has 362 valence electrons. The second-order valence-corrected chi connectivity index (χ2v) is 22.7. The molecule has 3 spiro atoms. The van der Waals surface area contributed by atoms with E-state index in [0.717, 1.165) is 39.7 Å². The molecule has 0 fully saturated rings. The Morgan fingerprint density at radius 2 is 0.590 bits per heavy atom. The van der Waals surface area contributed by atoms with Crippen molar-refractivity contribution < 1.29 is 4.74 Å². The van der Waals surface area contributed by atoms with Crippen LogP contribution in [-0.2, 0) is 16.2 Å². The second-order valence-electron chi connectivity index (χ2n) is 21.7. The first-order valence-electron chi connectivity index (χ1n) is 27.2. The molecule has 12 aromatic rings. The molecule has 0 radical (unpaired) electrons. The van der Waals surface area contributed by atoms with Crippen LogP contribution in [0.1, 0.15) is 66.8 Å². The Kier molecular flexibility index (Phi) is 8.43. The summed E-state index contributed by atoms with van der Waals surface area (Å²) >= 11 is 1.89. The van der Waals surface area contributed by atoms with Crippen LogP contribution in [0.4, 0.5) is 17.1 Å². The third-order valence-corrected chi connectivity index (χ3v) is 19.6. The molecule has 0 atom stereocenters. The number of nitrogens with zero attached hydrogens (tertiary/aromatic N) is 1. The van der Waals surface area contributed by atoms with Gasteiger partial charge in [-0.15, -0.1) is 0 Å². The number of anilines is 3. The van der Waals surface area contributed by atoms with E-state index in [1.54, 1.807) is 0 Å². The largest absolute Gasteiger partial charge is 0.457 e. The second kappa shape index (κ2) is 15.4. The van der Waals surface area contributed by atoms with Gasteiger partial charge in [-0.1, -0.05) is 230 Å². The van der Waals surface area contributed by atoms with Crippen molar-refractivity contribution in [3.05, 3.63) is 340 Å². The Morgan fingerprint density at radius 1 is 0.256 bits per heavy atom. The van der Waals surface area contributed by atoms with Crippen molar-refractivity contribution in [3.8, 4) is 56.0 Å². The highest BCUT2D eigenvalue weighted by Gasteiger charge is 2.55. The van der Waals surface area contributed by atoms with E-state index in [0.29, 0.717) is 0 Å². The first-order valence-corrected chi connectivity index (χ1v) is 28.0. The normalized spacial score (nSPS) is 15.3. The van der Waals surface area contributed by atoms with Gasteiger partial charge in [0.25, 0.3) is 0 Å². The molecule has 0 bridgehead atoms. The minimum absolute atomic E-state index is 0.525. The van der Waals surface area contributed by atoms with Gasteiger partial charge < -0.3 is 9.64 Å². The van der Waals surface area contributed by atoms with Gasteiger partial charge in [-0.05, 0) is 149 Å². The molecule has 2 heterocycles. The highest BCUT2D eigenvalue weighted by molar-refractivity contribution is 7.99. The fraction of sp³-hybridized carbons (Fsp3) is 0.0400. The van der Waals surface area contributed by atoms with Gasteiger partial charge in [-0.25, -0.2) is 0 Å². The number of rotatable bonds is 3. The Hall–Kier alpha value is -9.41. The summed E-state index contributed by atoms with van der Waals surface area (Å²) in [5, 5.41) is 0. The van der Waals surface area contributed by atoms with Crippen molar-refractivity contribution in [2.24, 2.45) is 0 Å². The van der Waals surface area contributed by atoms with Crippen molar-refractivity contribution in [3.63, 3.8) is 0 Å². The van der Waals surface area contributed by atoms with Crippen LogP contribution in [0.3, 0.4) is 0 Å². The van der Waals surface area contributed by atoms with Crippen molar-refractivity contribution in [1.29, 1.82) is 0 Å². The monoisotopic (exact) mass is 1010 g/mol. The molecule has 0 unspecified atom stereocenters. The maximum Gasteiger partial charge on any atom is 0.132 e. The number of ether oxygens (including phenoxy) is 1. The van der Waals surface area contributed by atoms with Gasteiger partial charge in [0.05, 0.1) is 21.9 Å². The minimum atomic E-state index is -0.650. The minimum Gasteiger partial charge on any atom is -0.457 e. The van der Waals surface area contributed by atoms with Gasteiger partial charge in [-0.3, -0.25) is 0 Å². The molecule has 78 heavy (non-hydrogen) atoms. The van der Waals surface area contributed by atoms with Crippen LogP contribution >= 0.6 is 11.8 Å². The highest BCUT2D eigenvalue weighted by Crippen LogP contribution is 2.68. The Bertz CT molecular complexity index is 4470. The van der Waals surface area contributed by atoms with Crippen LogP contribution in [-0.4, -0.2) is 0 Å². The summed E-state index contributed by atoms with van der Waals surface area (Å²) in [5.41, 5.74) is 27.1. The van der Waals surface area contributed by atoms with E-state index in [2.05, 4.69) is 278 Å². The molecule has 0 aromatic heterocycles. The zero-order chi connectivity index (χ0) is 50.9. The number of para-hydroxylation sites is 2. The van der Waals surface area contributed by atoms with Crippen molar-refractivity contribution in [2.75, 3.05) is 4.90 Å². The molecular formula is C75H45NOS. The maximum absolute atomic E-state index is 6.85. The fourth-order valence-corrected chi connectivity index (χ4v) is 16.9. The summed E-state index contributed by atoms with van der Waals surface area (Å²) in [4.78, 5) is 5.20. The summed E-state index contributed by atoms with van der Waals surface area (Å²) in [7, 11) is 0. The maximum atomic E-state index is 6.85. The fourth-order valence-electron chi connectivity index (χ4n) is 15.7. The van der Waals surface area contributed by atoms with Crippen LogP contribution in [0.25, 0.3) is 44.5 Å². The van der Waals surface area contributed by atoms with Crippen LogP contribution in [0.2, 0.25) is 0 Å². The van der Waals surface area contributed by atoms with Crippen molar-refractivity contribution >= 4 is 28.8 Å². The average Bonchev–Trinajstić information content (AvgIpc) is 4.29. The van der Waals surface area contributed by atoms with Crippen LogP contribution < -0.4 is 9.64 Å². The first-order chi connectivity index (χ1) is 38.7.